The molecule has 2 nitrogen and oxygen atoms in total. The second-order valence-corrected chi connectivity index (χ2v) is 5.16. The number of nitrogens with zero attached hydrogens (tertiary/aromatic N) is 1. The van der Waals surface area contributed by atoms with Crippen LogP contribution in [0, 0.1) is 11.3 Å². The maximum atomic E-state index is 12.2. The molecular formula is C12H21NO. The van der Waals surface area contributed by atoms with Gasteiger partial charge in [-0.3, -0.25) is 4.79 Å². The van der Waals surface area contributed by atoms with Crippen molar-refractivity contribution in [3.05, 3.63) is 0 Å². The number of hydrogen-bond acceptors (Lipinski definition) is 1. The summed E-state index contributed by atoms with van der Waals surface area (Å²) in [6.45, 7) is 6.39. The van der Waals surface area contributed by atoms with Crippen LogP contribution in [0.2, 0.25) is 0 Å². The van der Waals surface area contributed by atoms with Crippen LogP contribution in [0.3, 0.4) is 0 Å². The molecule has 2 fully saturated rings. The van der Waals surface area contributed by atoms with Crippen LogP contribution in [0.4, 0.5) is 0 Å². The summed E-state index contributed by atoms with van der Waals surface area (Å²) < 4.78 is 0. The van der Waals surface area contributed by atoms with Gasteiger partial charge in [0.2, 0.25) is 5.91 Å². The van der Waals surface area contributed by atoms with E-state index in [0.29, 0.717) is 11.8 Å². The Bertz CT molecular complexity index is 224. The highest BCUT2D eigenvalue weighted by molar-refractivity contribution is 5.85. The summed E-state index contributed by atoms with van der Waals surface area (Å²) >= 11 is 0. The molecule has 1 saturated carbocycles. The van der Waals surface area contributed by atoms with Crippen molar-refractivity contribution in [3.8, 4) is 0 Å². The highest BCUT2D eigenvalue weighted by atomic mass is 16.2. The molecule has 2 rings (SSSR count). The van der Waals surface area contributed by atoms with E-state index in [9.17, 15) is 4.79 Å². The summed E-state index contributed by atoms with van der Waals surface area (Å²) in [5, 5.41) is 0. The third-order valence-electron chi connectivity index (χ3n) is 3.96. The first-order chi connectivity index (χ1) is 6.67. The van der Waals surface area contributed by atoms with Gasteiger partial charge in [-0.1, -0.05) is 13.8 Å². The van der Waals surface area contributed by atoms with Crippen LogP contribution >= 0.6 is 0 Å². The van der Waals surface area contributed by atoms with Crippen molar-refractivity contribution < 1.29 is 4.79 Å². The fourth-order valence-electron chi connectivity index (χ4n) is 2.58. The zero-order valence-corrected chi connectivity index (χ0v) is 9.38. The predicted molar refractivity (Wildman–Crippen MR) is 56.9 cm³/mol. The molecule has 14 heavy (non-hydrogen) atoms. The van der Waals surface area contributed by atoms with E-state index in [0.717, 1.165) is 25.9 Å². The number of carbonyl (C=O) groups excluding carboxylic acids is 1. The third-order valence-corrected chi connectivity index (χ3v) is 3.96. The van der Waals surface area contributed by atoms with Gasteiger partial charge in [0.1, 0.15) is 0 Å². The normalized spacial score (nSPS) is 25.2. The van der Waals surface area contributed by atoms with Crippen LogP contribution in [-0.2, 0) is 4.79 Å². The first kappa shape index (κ1) is 10.0. The van der Waals surface area contributed by atoms with Crippen LogP contribution in [0.1, 0.15) is 46.0 Å². The minimum atomic E-state index is 0.0529. The number of rotatable bonds is 2. The molecular weight excluding hydrogens is 174 g/mol. The van der Waals surface area contributed by atoms with E-state index in [1.807, 2.05) is 0 Å². The van der Waals surface area contributed by atoms with Crippen LogP contribution in [-0.4, -0.2) is 23.9 Å². The molecule has 2 aliphatic rings. The molecule has 0 aromatic carbocycles. The predicted octanol–water partition coefficient (Wildman–Crippen LogP) is 2.44. The molecule has 1 saturated heterocycles. The Labute approximate surface area is 86.7 Å². The fourth-order valence-corrected chi connectivity index (χ4v) is 2.58. The standard InChI is InChI=1S/C12H21NO/c1-10(2)12(6-7-12)11(14)13-8-4-3-5-9-13/h10H,3-9H2,1-2H3. The van der Waals surface area contributed by atoms with Crippen molar-refractivity contribution in [2.75, 3.05) is 13.1 Å². The molecule has 80 valence electrons. The minimum absolute atomic E-state index is 0.0529. The Morgan fingerprint density at radius 3 is 2.14 bits per heavy atom. The van der Waals surface area contributed by atoms with Gasteiger partial charge < -0.3 is 4.90 Å². The van der Waals surface area contributed by atoms with Crippen LogP contribution in [0.5, 0.6) is 0 Å². The summed E-state index contributed by atoms with van der Waals surface area (Å²) in [5.74, 6) is 0.976. The monoisotopic (exact) mass is 195 g/mol. The van der Waals surface area contributed by atoms with Gasteiger partial charge in [-0.25, -0.2) is 0 Å². The molecule has 0 aromatic rings. The Kier molecular flexibility index (Phi) is 2.54. The molecule has 1 aliphatic heterocycles. The molecule has 0 aromatic heterocycles. The van der Waals surface area contributed by atoms with Gasteiger partial charge in [-0.15, -0.1) is 0 Å². The van der Waals surface area contributed by atoms with E-state index in [-0.39, 0.29) is 5.41 Å². The lowest BCUT2D eigenvalue weighted by atomic mass is 9.90. The van der Waals surface area contributed by atoms with E-state index < -0.39 is 0 Å². The quantitative estimate of drug-likeness (QED) is 0.662. The Morgan fingerprint density at radius 2 is 1.71 bits per heavy atom. The van der Waals surface area contributed by atoms with Crippen LogP contribution < -0.4 is 0 Å². The molecule has 0 N–H and O–H groups in total. The summed E-state index contributed by atoms with van der Waals surface area (Å²) in [6.07, 6.45) is 5.97. The van der Waals surface area contributed by atoms with Gasteiger partial charge >= 0.3 is 0 Å². The lowest BCUT2D eigenvalue weighted by Gasteiger charge is -2.32. The Hall–Kier alpha value is -0.530. The lowest BCUT2D eigenvalue weighted by Crippen LogP contribution is -2.42. The highest BCUT2D eigenvalue weighted by Gasteiger charge is 2.53. The number of hydrogen-bond donors (Lipinski definition) is 0. The fraction of sp³-hybridized carbons (Fsp3) is 0.917. The summed E-state index contributed by atoms with van der Waals surface area (Å²) in [7, 11) is 0. The first-order valence-corrected chi connectivity index (χ1v) is 5.96. The lowest BCUT2D eigenvalue weighted by molar-refractivity contribution is -0.139. The van der Waals surface area contributed by atoms with Crippen molar-refractivity contribution in [1.82, 2.24) is 4.90 Å². The summed E-state index contributed by atoms with van der Waals surface area (Å²) in [6, 6.07) is 0. The Morgan fingerprint density at radius 1 is 1.14 bits per heavy atom. The van der Waals surface area contributed by atoms with E-state index in [1.54, 1.807) is 0 Å². The van der Waals surface area contributed by atoms with Gasteiger partial charge in [0.25, 0.3) is 0 Å². The average Bonchev–Trinajstić information content (AvgIpc) is 2.99. The molecule has 0 unspecified atom stereocenters. The minimum Gasteiger partial charge on any atom is -0.342 e. The number of carbonyl (C=O) groups is 1. The Balaban J connectivity index is 2.00. The van der Waals surface area contributed by atoms with Crippen molar-refractivity contribution in [1.29, 1.82) is 0 Å². The van der Waals surface area contributed by atoms with Gasteiger partial charge in [-0.2, -0.15) is 0 Å². The van der Waals surface area contributed by atoms with E-state index in [4.69, 9.17) is 0 Å². The third kappa shape index (κ3) is 1.55. The number of amides is 1. The SMILES string of the molecule is CC(C)C1(C(=O)N2CCCCC2)CC1. The largest absolute Gasteiger partial charge is 0.342 e. The average molecular weight is 195 g/mol. The number of piperidine rings is 1. The molecule has 0 bridgehead atoms. The molecule has 1 amide bonds. The zero-order chi connectivity index (χ0) is 10.2. The molecule has 2 heteroatoms. The smallest absolute Gasteiger partial charge is 0.229 e. The van der Waals surface area contributed by atoms with Crippen molar-refractivity contribution in [2.45, 2.75) is 46.0 Å². The van der Waals surface area contributed by atoms with Gasteiger partial charge in [0.15, 0.2) is 0 Å². The highest BCUT2D eigenvalue weighted by Crippen LogP contribution is 2.53. The molecule has 0 spiro atoms. The van der Waals surface area contributed by atoms with Gasteiger partial charge in [-0.05, 0) is 38.0 Å². The molecule has 1 aliphatic carbocycles. The zero-order valence-electron chi connectivity index (χ0n) is 9.38. The van der Waals surface area contributed by atoms with Crippen molar-refractivity contribution >= 4 is 5.91 Å². The first-order valence-electron chi connectivity index (χ1n) is 5.96. The number of likely N-dealkylation sites (tertiary alicyclic amines) is 1. The second-order valence-electron chi connectivity index (χ2n) is 5.16. The summed E-state index contributed by atoms with van der Waals surface area (Å²) in [5.41, 5.74) is 0.0529. The maximum Gasteiger partial charge on any atom is 0.229 e. The topological polar surface area (TPSA) is 20.3 Å². The maximum absolute atomic E-state index is 12.2. The van der Waals surface area contributed by atoms with E-state index in [1.165, 1.54) is 19.3 Å². The van der Waals surface area contributed by atoms with Crippen molar-refractivity contribution in [3.63, 3.8) is 0 Å². The van der Waals surface area contributed by atoms with Crippen molar-refractivity contribution in [2.24, 2.45) is 11.3 Å². The van der Waals surface area contributed by atoms with Gasteiger partial charge in [0.05, 0.1) is 5.41 Å². The molecule has 0 radical (unpaired) electrons. The van der Waals surface area contributed by atoms with Crippen LogP contribution in [0.25, 0.3) is 0 Å². The van der Waals surface area contributed by atoms with Crippen LogP contribution in [0.15, 0.2) is 0 Å². The molecule has 1 heterocycles. The molecule has 0 atom stereocenters. The van der Waals surface area contributed by atoms with Gasteiger partial charge in [0, 0.05) is 13.1 Å². The summed E-state index contributed by atoms with van der Waals surface area (Å²) in [4.78, 5) is 14.4. The van der Waals surface area contributed by atoms with E-state index in [2.05, 4.69) is 18.7 Å². The van der Waals surface area contributed by atoms with E-state index >= 15 is 0 Å². The second kappa shape index (κ2) is 3.56.